The number of para-hydroxylation sites is 2. The van der Waals surface area contributed by atoms with Crippen LogP contribution in [-0.2, 0) is 10.2 Å². The van der Waals surface area contributed by atoms with Crippen molar-refractivity contribution in [3.8, 4) is 6.07 Å². The largest absolute Gasteiger partial charge is 0.297 e. The minimum absolute atomic E-state index is 0.112. The zero-order valence-electron chi connectivity index (χ0n) is 22.6. The monoisotopic (exact) mass is 617 g/mol. The highest BCUT2D eigenvalue weighted by Crippen LogP contribution is 2.62. The van der Waals surface area contributed by atoms with E-state index in [9.17, 15) is 25.5 Å². The Bertz CT molecular complexity index is 2090. The molecule has 1 aliphatic carbocycles. The van der Waals surface area contributed by atoms with Crippen molar-refractivity contribution in [2.24, 2.45) is 0 Å². The molecule has 1 fully saturated rings. The van der Waals surface area contributed by atoms with Gasteiger partial charge >= 0.3 is 0 Å². The third kappa shape index (κ3) is 4.16. The number of carbonyl (C=O) groups is 1. The highest BCUT2D eigenvalue weighted by molar-refractivity contribution is 7.19. The molecule has 4 atom stereocenters. The van der Waals surface area contributed by atoms with Gasteiger partial charge in [-0.05, 0) is 35.4 Å². The molecule has 2 heterocycles. The first-order chi connectivity index (χ1) is 21.3. The lowest BCUT2D eigenvalue weighted by atomic mass is 9.71. The van der Waals surface area contributed by atoms with Crippen LogP contribution in [0.5, 0.6) is 0 Å². The number of aromatic nitrogens is 2. The summed E-state index contributed by atoms with van der Waals surface area (Å²) in [6.45, 7) is 0. The Balaban J connectivity index is 1.53. The number of carbonyl (C=O) groups excluding carboxylic acids is 1. The molecule has 4 unspecified atom stereocenters. The highest BCUT2D eigenvalue weighted by Gasteiger charge is 2.65. The maximum absolute atomic E-state index is 15.0. The van der Waals surface area contributed by atoms with Crippen molar-refractivity contribution in [3.63, 3.8) is 0 Å². The minimum atomic E-state index is -1.78. The SMILES string of the molecule is N#CC1(c2nc3ccccc3s2)C(=O)C(c2nc3ccccc3s2)C(c2ccc([N+](=O)[O-])cc2)C1c1ccc([N+](=O)[O-])cc1. The van der Waals surface area contributed by atoms with Crippen LogP contribution in [0.3, 0.4) is 0 Å². The summed E-state index contributed by atoms with van der Waals surface area (Å²) < 4.78 is 1.68. The van der Waals surface area contributed by atoms with Crippen molar-refractivity contribution < 1.29 is 14.6 Å². The number of non-ortho nitro benzene ring substituents is 2. The van der Waals surface area contributed by atoms with Crippen LogP contribution in [0, 0.1) is 31.6 Å². The van der Waals surface area contributed by atoms with Crippen LogP contribution in [0.1, 0.15) is 38.9 Å². The Kier molecular flexibility index (Phi) is 6.49. The van der Waals surface area contributed by atoms with Gasteiger partial charge in [0.05, 0.1) is 42.3 Å². The summed E-state index contributed by atoms with van der Waals surface area (Å²) in [5, 5.41) is 35.0. The van der Waals surface area contributed by atoms with Crippen molar-refractivity contribution in [3.05, 3.63) is 138 Å². The average molecular weight is 618 g/mol. The van der Waals surface area contributed by atoms with Gasteiger partial charge in [-0.15, -0.1) is 22.7 Å². The second kappa shape index (κ2) is 10.4. The number of nitro benzene ring substituents is 2. The van der Waals surface area contributed by atoms with Crippen molar-refractivity contribution >= 4 is 60.3 Å². The Hall–Kier alpha value is -5.38. The Morgan fingerprint density at radius 3 is 1.77 bits per heavy atom. The van der Waals surface area contributed by atoms with Crippen LogP contribution in [0.2, 0.25) is 0 Å². The fourth-order valence-electron chi connectivity index (χ4n) is 6.23. The number of fused-ring (bicyclic) bond motifs is 2. The van der Waals surface area contributed by atoms with Crippen LogP contribution in [0.4, 0.5) is 11.4 Å². The Labute approximate surface area is 257 Å². The van der Waals surface area contributed by atoms with E-state index in [0.29, 0.717) is 32.2 Å². The van der Waals surface area contributed by atoms with E-state index < -0.39 is 33.0 Å². The Morgan fingerprint density at radius 1 is 0.727 bits per heavy atom. The number of nitrogens with zero attached hydrogens (tertiary/aromatic N) is 5. The fraction of sp³-hybridized carbons (Fsp3) is 0.125. The molecule has 44 heavy (non-hydrogen) atoms. The van der Waals surface area contributed by atoms with Crippen molar-refractivity contribution in [2.45, 2.75) is 23.2 Å². The molecule has 214 valence electrons. The molecular weight excluding hydrogens is 599 g/mol. The quantitative estimate of drug-likeness (QED) is 0.138. The predicted molar refractivity (Wildman–Crippen MR) is 166 cm³/mol. The van der Waals surface area contributed by atoms with Gasteiger partial charge in [0.25, 0.3) is 11.4 Å². The molecule has 0 radical (unpaired) electrons. The average Bonchev–Trinajstić information content (AvgIpc) is 3.73. The molecular formula is C32H19N5O5S2. The van der Waals surface area contributed by atoms with Gasteiger partial charge in [0, 0.05) is 36.1 Å². The minimum Gasteiger partial charge on any atom is -0.297 e. The second-order valence-corrected chi connectivity index (χ2v) is 12.6. The third-order valence-corrected chi connectivity index (χ3v) is 10.5. The molecule has 4 aromatic carbocycles. The normalized spacial score (nSPS) is 21.4. The van der Waals surface area contributed by atoms with Gasteiger partial charge in [-0.1, -0.05) is 48.5 Å². The molecule has 0 saturated heterocycles. The van der Waals surface area contributed by atoms with Crippen LogP contribution in [0.25, 0.3) is 20.4 Å². The third-order valence-electron chi connectivity index (χ3n) is 8.19. The lowest BCUT2D eigenvalue weighted by molar-refractivity contribution is -0.385. The second-order valence-electron chi connectivity index (χ2n) is 10.5. The number of nitriles is 1. The summed E-state index contributed by atoms with van der Waals surface area (Å²) >= 11 is 2.63. The summed E-state index contributed by atoms with van der Waals surface area (Å²) in [7, 11) is 0. The summed E-state index contributed by atoms with van der Waals surface area (Å²) in [6.07, 6.45) is 0. The summed E-state index contributed by atoms with van der Waals surface area (Å²) in [5.74, 6) is -2.83. The number of hydrogen-bond acceptors (Lipinski definition) is 10. The van der Waals surface area contributed by atoms with Crippen LogP contribution < -0.4 is 0 Å². The first-order valence-electron chi connectivity index (χ1n) is 13.5. The van der Waals surface area contributed by atoms with Gasteiger partial charge in [0.2, 0.25) is 0 Å². The lowest BCUT2D eigenvalue weighted by Crippen LogP contribution is -2.36. The lowest BCUT2D eigenvalue weighted by Gasteiger charge is -2.29. The molecule has 1 aliphatic rings. The van der Waals surface area contributed by atoms with Gasteiger partial charge in [-0.25, -0.2) is 9.97 Å². The van der Waals surface area contributed by atoms with Crippen LogP contribution >= 0.6 is 22.7 Å². The van der Waals surface area contributed by atoms with Crippen molar-refractivity contribution in [1.29, 1.82) is 5.26 Å². The molecule has 0 aliphatic heterocycles. The number of hydrogen-bond donors (Lipinski definition) is 0. The van der Waals surface area contributed by atoms with Gasteiger partial charge < -0.3 is 0 Å². The molecule has 7 rings (SSSR count). The van der Waals surface area contributed by atoms with E-state index in [-0.39, 0.29) is 17.2 Å². The molecule has 10 nitrogen and oxygen atoms in total. The van der Waals surface area contributed by atoms with E-state index in [0.717, 1.165) is 9.40 Å². The summed E-state index contributed by atoms with van der Waals surface area (Å²) in [4.78, 5) is 46.7. The van der Waals surface area contributed by atoms with Gasteiger partial charge in [-0.2, -0.15) is 5.26 Å². The maximum Gasteiger partial charge on any atom is 0.269 e. The maximum atomic E-state index is 15.0. The number of benzene rings is 4. The van der Waals surface area contributed by atoms with E-state index >= 15 is 4.79 Å². The zero-order valence-corrected chi connectivity index (χ0v) is 24.2. The number of rotatable bonds is 6. The first-order valence-corrected chi connectivity index (χ1v) is 15.1. The molecule has 6 aromatic rings. The standard InChI is InChI=1S/C32H19N5O5S2/c33-17-32(31-35-23-6-2-4-8-25(23)44-31)28(19-11-15-21(16-12-19)37(41)42)26(18-9-13-20(14-10-18)36(39)40)27(29(32)38)30-34-22-5-1-3-7-24(22)43-30/h1-16,26-28H. The van der Waals surface area contributed by atoms with Gasteiger partial charge in [-0.3, -0.25) is 25.0 Å². The van der Waals surface area contributed by atoms with Crippen molar-refractivity contribution in [2.75, 3.05) is 0 Å². The topological polar surface area (TPSA) is 153 Å². The number of ketones is 1. The molecule has 0 bridgehead atoms. The fourth-order valence-corrected chi connectivity index (χ4v) is 8.49. The van der Waals surface area contributed by atoms with Crippen molar-refractivity contribution in [1.82, 2.24) is 9.97 Å². The van der Waals surface area contributed by atoms with E-state index in [1.807, 2.05) is 48.5 Å². The molecule has 0 N–H and O–H groups in total. The number of nitro groups is 2. The highest BCUT2D eigenvalue weighted by atomic mass is 32.1. The predicted octanol–water partition coefficient (Wildman–Crippen LogP) is 7.42. The summed E-state index contributed by atoms with van der Waals surface area (Å²) in [6, 6.07) is 29.1. The van der Waals surface area contributed by atoms with E-state index in [2.05, 4.69) is 6.07 Å². The molecule has 0 amide bonds. The smallest absolute Gasteiger partial charge is 0.269 e. The molecule has 12 heteroatoms. The number of thiazole rings is 2. The van der Waals surface area contributed by atoms with Gasteiger partial charge in [0.1, 0.15) is 10.0 Å². The van der Waals surface area contributed by atoms with Crippen LogP contribution in [0.15, 0.2) is 97.1 Å². The van der Waals surface area contributed by atoms with Crippen LogP contribution in [-0.4, -0.2) is 25.6 Å². The van der Waals surface area contributed by atoms with E-state index in [1.165, 1.54) is 46.9 Å². The first kappa shape index (κ1) is 27.5. The molecule has 0 spiro atoms. The van der Waals surface area contributed by atoms with Gasteiger partial charge in [0.15, 0.2) is 11.2 Å². The molecule has 2 aromatic heterocycles. The molecule has 1 saturated carbocycles. The summed E-state index contributed by atoms with van der Waals surface area (Å²) in [5.41, 5.74) is 0.479. The van der Waals surface area contributed by atoms with E-state index in [1.54, 1.807) is 24.3 Å². The zero-order chi connectivity index (χ0) is 30.6. The van der Waals surface area contributed by atoms with E-state index in [4.69, 9.17) is 9.97 Å². The Morgan fingerprint density at radius 2 is 1.25 bits per heavy atom. The number of Topliss-reactive ketones (excluding diaryl/α,β-unsaturated/α-hetero) is 1.